The molecule has 9 nitrogen and oxygen atoms in total. The van der Waals surface area contributed by atoms with Gasteiger partial charge in [-0.1, -0.05) is 62.4 Å². The average Bonchev–Trinajstić information content (AvgIpc) is 2.93. The monoisotopic (exact) mass is 558 g/mol. The molecule has 0 aliphatic carbocycles. The van der Waals surface area contributed by atoms with Crippen molar-refractivity contribution in [1.82, 2.24) is 9.99 Å². The fourth-order valence-corrected chi connectivity index (χ4v) is 7.23. The van der Waals surface area contributed by atoms with Gasteiger partial charge in [-0.05, 0) is 43.4 Å². The molecule has 39 heavy (non-hydrogen) atoms. The van der Waals surface area contributed by atoms with Crippen molar-refractivity contribution < 1.29 is 32.7 Å². The number of Topliss-reactive ketones (excluding diaryl/α,β-unsaturated/α-hetero) is 1. The molecule has 0 amide bonds. The van der Waals surface area contributed by atoms with Crippen molar-refractivity contribution in [2.24, 2.45) is 11.8 Å². The van der Waals surface area contributed by atoms with E-state index in [4.69, 9.17) is 18.5 Å². The first-order valence-corrected chi connectivity index (χ1v) is 15.0. The number of ketones is 1. The van der Waals surface area contributed by atoms with Crippen LogP contribution in [0.4, 0.5) is 0 Å². The van der Waals surface area contributed by atoms with Crippen LogP contribution in [0.3, 0.4) is 0 Å². The number of rotatable bonds is 13. The van der Waals surface area contributed by atoms with Gasteiger partial charge in [-0.3, -0.25) is 19.0 Å². The Morgan fingerprint density at radius 1 is 1.10 bits per heavy atom. The van der Waals surface area contributed by atoms with Gasteiger partial charge in [0.25, 0.3) is 0 Å². The van der Waals surface area contributed by atoms with E-state index in [2.05, 4.69) is 16.9 Å². The highest BCUT2D eigenvalue weighted by Crippen LogP contribution is 2.48. The molecule has 5 rings (SSSR count). The first-order chi connectivity index (χ1) is 18.7. The number of hydrogen-bond donors (Lipinski definition) is 1. The van der Waals surface area contributed by atoms with Crippen LogP contribution >= 0.6 is 7.75 Å². The summed E-state index contributed by atoms with van der Waals surface area (Å²) in [6, 6.07) is 17.1. The lowest BCUT2D eigenvalue weighted by atomic mass is 9.71. The van der Waals surface area contributed by atoms with E-state index in [1.165, 1.54) is 0 Å². The van der Waals surface area contributed by atoms with Crippen molar-refractivity contribution in [3.8, 4) is 5.75 Å². The molecular weight excluding hydrogens is 519 g/mol. The molecule has 3 heterocycles. The van der Waals surface area contributed by atoms with Gasteiger partial charge in [-0.15, -0.1) is 0 Å². The summed E-state index contributed by atoms with van der Waals surface area (Å²) in [6.45, 7) is 6.41. The van der Waals surface area contributed by atoms with Gasteiger partial charge >= 0.3 is 13.7 Å². The van der Waals surface area contributed by atoms with Crippen LogP contribution in [0.25, 0.3) is 0 Å². The zero-order valence-corrected chi connectivity index (χ0v) is 24.0. The molecule has 6 atom stereocenters. The van der Waals surface area contributed by atoms with Gasteiger partial charge < -0.3 is 14.0 Å². The second-order valence-electron chi connectivity index (χ2n) is 10.7. The summed E-state index contributed by atoms with van der Waals surface area (Å²) < 4.78 is 37.3. The zero-order chi connectivity index (χ0) is 28.0. The predicted octanol–water partition coefficient (Wildman–Crippen LogP) is 4.62. The van der Waals surface area contributed by atoms with Gasteiger partial charge in [0.15, 0.2) is 5.78 Å². The topological polar surface area (TPSA) is 103 Å². The van der Waals surface area contributed by atoms with Crippen molar-refractivity contribution >= 4 is 19.5 Å². The van der Waals surface area contributed by atoms with Crippen molar-refractivity contribution in [3.05, 3.63) is 66.2 Å². The quantitative estimate of drug-likeness (QED) is 0.279. The summed E-state index contributed by atoms with van der Waals surface area (Å²) in [6.07, 6.45) is 1.57. The van der Waals surface area contributed by atoms with Crippen LogP contribution in [-0.2, 0) is 34.8 Å². The zero-order valence-electron chi connectivity index (χ0n) is 23.1. The molecule has 212 valence electrons. The van der Waals surface area contributed by atoms with Crippen LogP contribution in [0.2, 0.25) is 0 Å². The average molecular weight is 559 g/mol. The smallest absolute Gasteiger partial charge is 0.459 e. The Bertz CT molecular complexity index is 1160. The van der Waals surface area contributed by atoms with Crippen LogP contribution in [0.15, 0.2) is 60.7 Å². The molecule has 3 saturated heterocycles. The summed E-state index contributed by atoms with van der Waals surface area (Å²) in [5.74, 6) is -0.635. The van der Waals surface area contributed by atoms with Gasteiger partial charge in [0.1, 0.15) is 23.9 Å². The molecule has 1 N–H and O–H groups in total. The first-order valence-electron chi connectivity index (χ1n) is 13.4. The number of para-hydroxylation sites is 1. The van der Waals surface area contributed by atoms with E-state index in [1.54, 1.807) is 31.4 Å². The Morgan fingerprint density at radius 2 is 1.77 bits per heavy atom. The normalized spacial score (nSPS) is 26.7. The van der Waals surface area contributed by atoms with Crippen molar-refractivity contribution in [2.75, 3.05) is 26.9 Å². The molecule has 0 saturated carbocycles. The van der Waals surface area contributed by atoms with Gasteiger partial charge in [0.2, 0.25) is 0 Å². The molecule has 0 radical (unpaired) electrons. The van der Waals surface area contributed by atoms with E-state index in [0.717, 1.165) is 24.9 Å². The molecule has 10 heteroatoms. The van der Waals surface area contributed by atoms with Gasteiger partial charge in [0.05, 0.1) is 13.2 Å². The fraction of sp³-hybridized carbons (Fsp3) is 0.517. The molecule has 0 aromatic heterocycles. The van der Waals surface area contributed by atoms with Crippen LogP contribution in [0, 0.1) is 11.8 Å². The summed E-state index contributed by atoms with van der Waals surface area (Å²) in [7, 11) is -2.65. The lowest BCUT2D eigenvalue weighted by Gasteiger charge is -2.55. The molecule has 2 aromatic rings. The number of ether oxygens (including phenoxy) is 2. The Balaban J connectivity index is 1.57. The molecule has 2 bridgehead atoms. The third-order valence-electron chi connectivity index (χ3n) is 7.52. The van der Waals surface area contributed by atoms with Gasteiger partial charge in [-0.2, -0.15) is 5.09 Å². The molecule has 3 aliphatic rings. The van der Waals surface area contributed by atoms with Crippen LogP contribution in [0.1, 0.15) is 39.2 Å². The maximum Gasteiger partial charge on any atom is 0.459 e. The van der Waals surface area contributed by atoms with E-state index in [0.29, 0.717) is 5.75 Å². The SMILES string of the molecule is COC[C@@]1(COP(=O)(N[C@H](C(=O)OCc2ccccc2)C(C)C)Oc2ccccc2)C(=O)[C@@H]2CCN1[C@@H](C)C2. The highest BCUT2D eigenvalue weighted by atomic mass is 31.2. The van der Waals surface area contributed by atoms with Crippen LogP contribution in [-0.4, -0.2) is 61.1 Å². The Morgan fingerprint density at radius 3 is 2.38 bits per heavy atom. The maximum atomic E-state index is 14.3. The predicted molar refractivity (Wildman–Crippen MR) is 147 cm³/mol. The molecule has 2 aromatic carbocycles. The molecule has 3 fully saturated rings. The minimum atomic E-state index is -4.19. The van der Waals surface area contributed by atoms with Crippen LogP contribution in [0.5, 0.6) is 5.75 Å². The third kappa shape index (κ3) is 6.79. The standard InChI is InChI=1S/C29H39N2O7P/c1-21(2)26(28(33)36-18-23-11-7-5-8-12-23)30-39(34,38-25-13-9-6-10-14-25)37-20-29(19-35-4)27(32)24-15-16-31(29)22(3)17-24/h5-14,21-22,24,26H,15-20H2,1-4H3,(H,30,34)/t22-,24+,26-,29+,39?/m0/s1. The summed E-state index contributed by atoms with van der Waals surface area (Å²) in [5, 5.41) is 2.85. The van der Waals surface area contributed by atoms with Crippen molar-refractivity contribution in [2.45, 2.75) is 57.8 Å². The highest BCUT2D eigenvalue weighted by molar-refractivity contribution is 7.52. The van der Waals surface area contributed by atoms with E-state index < -0.39 is 25.3 Å². The Labute approximate surface area is 230 Å². The Hall–Kier alpha value is -2.55. The number of nitrogens with one attached hydrogen (secondary N) is 1. The number of nitrogens with zero attached hydrogens (tertiary/aromatic N) is 1. The second kappa shape index (κ2) is 12.7. The molecule has 3 aliphatic heterocycles. The minimum absolute atomic E-state index is 0.0302. The Kier molecular flexibility index (Phi) is 9.62. The van der Waals surface area contributed by atoms with Crippen LogP contribution < -0.4 is 9.61 Å². The minimum Gasteiger partial charge on any atom is -0.460 e. The van der Waals surface area contributed by atoms with E-state index in [9.17, 15) is 14.2 Å². The number of methoxy groups -OCH3 is 1. The molecule has 2 unspecified atom stereocenters. The molecular formula is C29H39N2O7P. The number of esters is 1. The van der Waals surface area contributed by atoms with E-state index in [-0.39, 0.29) is 43.5 Å². The summed E-state index contributed by atoms with van der Waals surface area (Å²) in [4.78, 5) is 28.8. The number of carbonyl (C=O) groups is 2. The second-order valence-corrected chi connectivity index (χ2v) is 12.4. The van der Waals surface area contributed by atoms with Gasteiger partial charge in [0, 0.05) is 25.6 Å². The lowest BCUT2D eigenvalue weighted by molar-refractivity contribution is -0.163. The van der Waals surface area contributed by atoms with Crippen molar-refractivity contribution in [1.29, 1.82) is 0 Å². The van der Waals surface area contributed by atoms with E-state index in [1.807, 2.05) is 50.2 Å². The largest absolute Gasteiger partial charge is 0.460 e. The number of benzene rings is 2. The lowest BCUT2D eigenvalue weighted by Crippen LogP contribution is -2.71. The van der Waals surface area contributed by atoms with Crippen molar-refractivity contribution in [3.63, 3.8) is 0 Å². The number of hydrogen-bond acceptors (Lipinski definition) is 8. The fourth-order valence-electron chi connectivity index (χ4n) is 5.52. The number of carbonyl (C=O) groups excluding carboxylic acids is 2. The number of fused-ring (bicyclic) bond motifs is 3. The highest BCUT2D eigenvalue weighted by Gasteiger charge is 2.57. The number of piperidine rings is 3. The van der Waals surface area contributed by atoms with E-state index >= 15 is 0 Å². The van der Waals surface area contributed by atoms with Gasteiger partial charge in [-0.25, -0.2) is 4.57 Å². The molecule has 0 spiro atoms. The third-order valence-corrected chi connectivity index (χ3v) is 9.04. The first kappa shape index (κ1) is 29.4. The maximum absolute atomic E-state index is 14.3. The summed E-state index contributed by atoms with van der Waals surface area (Å²) in [5.41, 5.74) is -0.253. The summed E-state index contributed by atoms with van der Waals surface area (Å²) >= 11 is 0.